The largest absolute Gasteiger partial charge is 0.361 e. The zero-order chi connectivity index (χ0) is 12.4. The number of aromatic nitrogens is 1. The molecule has 2 N–H and O–H groups in total. The molecule has 4 heteroatoms. The molecule has 0 unspecified atom stereocenters. The number of alkyl halides is 1. The Morgan fingerprint density at radius 1 is 1.22 bits per heavy atom. The van der Waals surface area contributed by atoms with Crippen molar-refractivity contribution in [2.24, 2.45) is 0 Å². The molecule has 1 saturated heterocycles. The van der Waals surface area contributed by atoms with Crippen molar-refractivity contribution in [3.63, 3.8) is 0 Å². The number of H-pyrrole nitrogens is 1. The van der Waals surface area contributed by atoms with Crippen molar-refractivity contribution in [2.45, 2.75) is 6.04 Å². The van der Waals surface area contributed by atoms with E-state index in [1.165, 1.54) is 5.39 Å². The third-order valence-corrected chi connectivity index (χ3v) is 3.70. The van der Waals surface area contributed by atoms with Gasteiger partial charge in [0.05, 0.1) is 6.04 Å². The van der Waals surface area contributed by atoms with Crippen molar-refractivity contribution in [1.82, 2.24) is 15.2 Å². The number of halogens is 1. The van der Waals surface area contributed by atoms with E-state index >= 15 is 0 Å². The first-order valence-corrected chi connectivity index (χ1v) is 6.46. The van der Waals surface area contributed by atoms with E-state index in [0.29, 0.717) is 0 Å². The summed E-state index contributed by atoms with van der Waals surface area (Å²) in [6.07, 6.45) is 1.92. The van der Waals surface area contributed by atoms with Crippen LogP contribution in [-0.4, -0.2) is 42.7 Å². The second kappa shape index (κ2) is 5.08. The molecule has 0 amide bonds. The fourth-order valence-electron chi connectivity index (χ4n) is 2.66. The minimum atomic E-state index is -0.327. The van der Waals surface area contributed by atoms with Crippen LogP contribution in [0.25, 0.3) is 10.9 Å². The van der Waals surface area contributed by atoms with Crippen LogP contribution in [0.2, 0.25) is 0 Å². The maximum Gasteiger partial charge on any atom is 0.109 e. The molecule has 2 heterocycles. The molecule has 1 fully saturated rings. The summed E-state index contributed by atoms with van der Waals surface area (Å²) in [4.78, 5) is 5.41. The van der Waals surface area contributed by atoms with Gasteiger partial charge >= 0.3 is 0 Å². The molecule has 3 rings (SSSR count). The Bertz CT molecular complexity index is 516. The molecule has 1 atom stereocenters. The van der Waals surface area contributed by atoms with Gasteiger partial charge in [0.15, 0.2) is 0 Å². The molecule has 1 aromatic carbocycles. The van der Waals surface area contributed by atoms with Crippen molar-refractivity contribution in [1.29, 1.82) is 0 Å². The Balaban J connectivity index is 1.89. The van der Waals surface area contributed by atoms with Crippen LogP contribution in [-0.2, 0) is 0 Å². The third-order valence-electron chi connectivity index (χ3n) is 3.70. The standard InChI is InChI=1S/C14H18FN3/c15-10-14(18-7-5-16-6-8-18)12-2-1-11-3-4-17-13(11)9-12/h1-4,9,14,16-17H,5-8,10H2/t14-/m0/s1. The predicted molar refractivity (Wildman–Crippen MR) is 71.5 cm³/mol. The third kappa shape index (κ3) is 2.13. The van der Waals surface area contributed by atoms with E-state index in [-0.39, 0.29) is 12.7 Å². The molecule has 1 aromatic heterocycles. The van der Waals surface area contributed by atoms with E-state index in [9.17, 15) is 4.39 Å². The molecular weight excluding hydrogens is 229 g/mol. The van der Waals surface area contributed by atoms with Gasteiger partial charge < -0.3 is 10.3 Å². The van der Waals surface area contributed by atoms with Crippen LogP contribution >= 0.6 is 0 Å². The van der Waals surface area contributed by atoms with Crippen molar-refractivity contribution in [3.8, 4) is 0 Å². The summed E-state index contributed by atoms with van der Waals surface area (Å²) < 4.78 is 13.4. The molecule has 0 saturated carbocycles. The number of hydrogen-bond donors (Lipinski definition) is 2. The van der Waals surface area contributed by atoms with Crippen LogP contribution in [0.3, 0.4) is 0 Å². The fourth-order valence-corrected chi connectivity index (χ4v) is 2.66. The molecule has 2 aromatic rings. The van der Waals surface area contributed by atoms with E-state index in [1.54, 1.807) is 0 Å². The zero-order valence-corrected chi connectivity index (χ0v) is 10.3. The van der Waals surface area contributed by atoms with Gasteiger partial charge in [0.25, 0.3) is 0 Å². The zero-order valence-electron chi connectivity index (χ0n) is 10.3. The van der Waals surface area contributed by atoms with Gasteiger partial charge in [0.2, 0.25) is 0 Å². The number of nitrogens with zero attached hydrogens (tertiary/aromatic N) is 1. The number of aromatic amines is 1. The number of benzene rings is 1. The Hall–Kier alpha value is -1.39. The Morgan fingerprint density at radius 3 is 2.83 bits per heavy atom. The van der Waals surface area contributed by atoms with Crippen LogP contribution in [0.15, 0.2) is 30.5 Å². The monoisotopic (exact) mass is 247 g/mol. The Kier molecular flexibility index (Phi) is 3.30. The number of piperazine rings is 1. The highest BCUT2D eigenvalue weighted by Crippen LogP contribution is 2.25. The first kappa shape index (κ1) is 11.7. The molecule has 18 heavy (non-hydrogen) atoms. The lowest BCUT2D eigenvalue weighted by Gasteiger charge is -2.33. The van der Waals surface area contributed by atoms with Crippen LogP contribution in [0.5, 0.6) is 0 Å². The van der Waals surface area contributed by atoms with Crippen molar-refractivity contribution < 1.29 is 4.39 Å². The van der Waals surface area contributed by atoms with Gasteiger partial charge in [-0.3, -0.25) is 4.90 Å². The maximum absolute atomic E-state index is 13.4. The minimum Gasteiger partial charge on any atom is -0.361 e. The smallest absolute Gasteiger partial charge is 0.109 e. The number of hydrogen-bond acceptors (Lipinski definition) is 2. The number of fused-ring (bicyclic) bond motifs is 1. The topological polar surface area (TPSA) is 31.1 Å². The highest BCUT2D eigenvalue weighted by molar-refractivity contribution is 5.79. The SMILES string of the molecule is FC[C@@H](c1ccc2cc[nH]c2c1)N1CCNCC1. The summed E-state index contributed by atoms with van der Waals surface area (Å²) in [5.41, 5.74) is 2.15. The summed E-state index contributed by atoms with van der Waals surface area (Å²) in [5.74, 6) is 0. The average molecular weight is 247 g/mol. The second-order valence-corrected chi connectivity index (χ2v) is 4.78. The minimum absolute atomic E-state index is 0.111. The fraction of sp³-hybridized carbons (Fsp3) is 0.429. The lowest BCUT2D eigenvalue weighted by Crippen LogP contribution is -2.45. The van der Waals surface area contributed by atoms with E-state index < -0.39 is 0 Å². The van der Waals surface area contributed by atoms with Gasteiger partial charge in [-0.1, -0.05) is 12.1 Å². The molecule has 1 aliphatic rings. The Labute approximate surface area is 106 Å². The quantitative estimate of drug-likeness (QED) is 0.870. The van der Waals surface area contributed by atoms with Crippen molar-refractivity contribution >= 4 is 10.9 Å². The highest BCUT2D eigenvalue weighted by atomic mass is 19.1. The van der Waals surface area contributed by atoms with Gasteiger partial charge in [-0.05, 0) is 23.1 Å². The molecule has 0 spiro atoms. The van der Waals surface area contributed by atoms with Gasteiger partial charge in [-0.2, -0.15) is 0 Å². The van der Waals surface area contributed by atoms with E-state index in [4.69, 9.17) is 0 Å². The van der Waals surface area contributed by atoms with Gasteiger partial charge in [-0.25, -0.2) is 4.39 Å². The molecular formula is C14H18FN3. The van der Waals surface area contributed by atoms with E-state index in [1.807, 2.05) is 18.3 Å². The lowest BCUT2D eigenvalue weighted by molar-refractivity contribution is 0.147. The molecule has 0 aliphatic carbocycles. The molecule has 1 aliphatic heterocycles. The summed E-state index contributed by atoms with van der Waals surface area (Å²) in [5, 5.41) is 4.48. The van der Waals surface area contributed by atoms with Crippen molar-refractivity contribution in [2.75, 3.05) is 32.9 Å². The van der Waals surface area contributed by atoms with E-state index in [0.717, 1.165) is 37.3 Å². The van der Waals surface area contributed by atoms with Gasteiger partial charge in [0, 0.05) is 37.9 Å². The molecule has 96 valence electrons. The summed E-state index contributed by atoms with van der Waals surface area (Å²) >= 11 is 0. The maximum atomic E-state index is 13.4. The van der Waals surface area contributed by atoms with E-state index in [2.05, 4.69) is 27.3 Å². The van der Waals surface area contributed by atoms with Crippen molar-refractivity contribution in [3.05, 3.63) is 36.0 Å². The summed E-state index contributed by atoms with van der Waals surface area (Å²) in [6, 6.07) is 8.10. The molecule has 3 nitrogen and oxygen atoms in total. The molecule has 0 bridgehead atoms. The second-order valence-electron chi connectivity index (χ2n) is 4.78. The first-order valence-electron chi connectivity index (χ1n) is 6.46. The number of nitrogens with one attached hydrogen (secondary N) is 2. The molecule has 0 radical (unpaired) electrons. The lowest BCUT2D eigenvalue weighted by atomic mass is 10.0. The van der Waals surface area contributed by atoms with Crippen LogP contribution in [0, 0.1) is 0 Å². The first-order chi connectivity index (χ1) is 8.88. The van der Waals surface area contributed by atoms with Crippen LogP contribution in [0.1, 0.15) is 11.6 Å². The highest BCUT2D eigenvalue weighted by Gasteiger charge is 2.22. The van der Waals surface area contributed by atoms with Crippen LogP contribution in [0.4, 0.5) is 4.39 Å². The Morgan fingerprint density at radius 2 is 2.06 bits per heavy atom. The van der Waals surface area contributed by atoms with Gasteiger partial charge in [-0.15, -0.1) is 0 Å². The summed E-state index contributed by atoms with van der Waals surface area (Å²) in [7, 11) is 0. The normalized spacial score (nSPS) is 19.2. The number of rotatable bonds is 3. The predicted octanol–water partition coefficient (Wildman–Crippen LogP) is 2.08. The summed E-state index contributed by atoms with van der Waals surface area (Å²) in [6.45, 7) is 3.39. The average Bonchev–Trinajstić information content (AvgIpc) is 2.88. The van der Waals surface area contributed by atoms with Gasteiger partial charge in [0.1, 0.15) is 6.67 Å². The van der Waals surface area contributed by atoms with Crippen LogP contribution < -0.4 is 5.32 Å².